The Hall–Kier alpha value is 0.420. The summed E-state index contributed by atoms with van der Waals surface area (Å²) in [6.45, 7) is 5.68. The monoisotopic (exact) mass is 566 g/mol. The molecule has 0 aromatic rings. The maximum absolute atomic E-state index is 12.2. The molecule has 224 valence electrons. The minimum atomic E-state index is -3.96. The van der Waals surface area contributed by atoms with Gasteiger partial charge >= 0.3 is 7.82 Å². The summed E-state index contributed by atoms with van der Waals surface area (Å²) in [6, 6.07) is 0. The van der Waals surface area contributed by atoms with Crippen LogP contribution in [0.15, 0.2) is 0 Å². The van der Waals surface area contributed by atoms with Crippen molar-refractivity contribution in [3.05, 3.63) is 0 Å². The molecule has 0 saturated carbocycles. The van der Waals surface area contributed by atoms with Crippen molar-refractivity contribution in [2.45, 2.75) is 136 Å². The van der Waals surface area contributed by atoms with E-state index in [1.165, 1.54) is 108 Å². The third kappa shape index (κ3) is 29.2. The van der Waals surface area contributed by atoms with E-state index in [2.05, 4.69) is 13.8 Å². The third-order valence-electron chi connectivity index (χ3n) is 6.95. The molecule has 1 N–H and O–H groups in total. The number of quaternary nitrogens is 1. The van der Waals surface area contributed by atoms with Gasteiger partial charge in [-0.25, -0.2) is 4.57 Å². The summed E-state index contributed by atoms with van der Waals surface area (Å²) in [5.74, 6) is 2.49. The summed E-state index contributed by atoms with van der Waals surface area (Å²) in [7, 11) is 2.13. The molecule has 0 bridgehead atoms. The first kappa shape index (κ1) is 37.4. The molecule has 0 heterocycles. The van der Waals surface area contributed by atoms with Crippen LogP contribution in [0.3, 0.4) is 0 Å². The fourth-order valence-electron chi connectivity index (χ4n) is 4.38. The van der Waals surface area contributed by atoms with Crippen LogP contribution < -0.4 is 0 Å². The Labute approximate surface area is 236 Å². The highest BCUT2D eigenvalue weighted by Crippen LogP contribution is 2.43. The van der Waals surface area contributed by atoms with Crippen LogP contribution in [0.5, 0.6) is 0 Å². The molecule has 7 heteroatoms. The lowest BCUT2D eigenvalue weighted by atomic mass is 10.0. The van der Waals surface area contributed by atoms with Crippen LogP contribution in [0.25, 0.3) is 0 Å². The number of nitrogens with zero attached hydrogens (tertiary/aromatic N) is 1. The highest BCUT2D eigenvalue weighted by molar-refractivity contribution is 7.99. The Morgan fingerprint density at radius 3 is 1.62 bits per heavy atom. The number of rotatable bonds is 29. The van der Waals surface area contributed by atoms with Crippen LogP contribution in [-0.4, -0.2) is 61.8 Å². The first-order valence-electron chi connectivity index (χ1n) is 15.7. The highest BCUT2D eigenvalue weighted by atomic mass is 32.2. The van der Waals surface area contributed by atoms with Crippen LogP contribution in [0, 0.1) is 5.92 Å². The van der Waals surface area contributed by atoms with E-state index in [9.17, 15) is 9.46 Å². The molecule has 0 rings (SSSR count). The standard InChI is InChI=1S/C30H64NO4PS/c1-6-8-10-11-12-13-14-15-16-17-18-19-20-21-22-23-27-37-29-30(24-9-7-2)28-35-36(32,33)34-26-25-31(3,4)5/h30H,6-29H2,1-5H3/p+1. The van der Waals surface area contributed by atoms with Crippen molar-refractivity contribution in [2.24, 2.45) is 5.92 Å². The molecule has 2 unspecified atom stereocenters. The summed E-state index contributed by atoms with van der Waals surface area (Å²) in [5, 5.41) is 0. The maximum Gasteiger partial charge on any atom is 0.472 e. The van der Waals surface area contributed by atoms with Crippen molar-refractivity contribution >= 4 is 19.6 Å². The van der Waals surface area contributed by atoms with Gasteiger partial charge in [0.2, 0.25) is 0 Å². The molecule has 5 nitrogen and oxygen atoms in total. The lowest BCUT2D eigenvalue weighted by Gasteiger charge is -2.24. The van der Waals surface area contributed by atoms with Gasteiger partial charge in [0.15, 0.2) is 0 Å². The van der Waals surface area contributed by atoms with Crippen molar-refractivity contribution < 1.29 is 23.0 Å². The molecule has 0 aliphatic heterocycles. The molecular weight excluding hydrogens is 501 g/mol. The Bertz CT molecular complexity index is 530. The Morgan fingerprint density at radius 2 is 1.16 bits per heavy atom. The molecule has 37 heavy (non-hydrogen) atoms. The fourth-order valence-corrected chi connectivity index (χ4v) is 6.33. The summed E-state index contributed by atoms with van der Waals surface area (Å²) >= 11 is 1.98. The van der Waals surface area contributed by atoms with Crippen LogP contribution >= 0.6 is 19.6 Å². The van der Waals surface area contributed by atoms with Gasteiger partial charge < -0.3 is 9.38 Å². The van der Waals surface area contributed by atoms with Gasteiger partial charge in [-0.3, -0.25) is 9.05 Å². The molecule has 0 aromatic heterocycles. The predicted molar refractivity (Wildman–Crippen MR) is 165 cm³/mol. The Morgan fingerprint density at radius 1 is 0.703 bits per heavy atom. The molecule has 0 aliphatic rings. The van der Waals surface area contributed by atoms with E-state index in [4.69, 9.17) is 9.05 Å². The van der Waals surface area contributed by atoms with Gasteiger partial charge in [0, 0.05) is 0 Å². The zero-order valence-electron chi connectivity index (χ0n) is 25.5. The molecule has 0 fully saturated rings. The van der Waals surface area contributed by atoms with E-state index in [0.717, 1.165) is 25.0 Å². The number of thioether (sulfide) groups is 1. The van der Waals surface area contributed by atoms with Crippen LogP contribution in [0.4, 0.5) is 0 Å². The normalized spacial score (nSPS) is 14.6. The maximum atomic E-state index is 12.2. The molecule has 2 atom stereocenters. The second-order valence-electron chi connectivity index (χ2n) is 12.0. The van der Waals surface area contributed by atoms with Crippen molar-refractivity contribution in [1.82, 2.24) is 0 Å². The summed E-state index contributed by atoms with van der Waals surface area (Å²) in [4.78, 5) is 10.0. The zero-order valence-corrected chi connectivity index (χ0v) is 27.2. The van der Waals surface area contributed by atoms with Gasteiger partial charge in [0.1, 0.15) is 13.2 Å². The minimum absolute atomic E-state index is 0.227. The van der Waals surface area contributed by atoms with Crippen molar-refractivity contribution in [3.63, 3.8) is 0 Å². The summed E-state index contributed by atoms with van der Waals surface area (Å²) in [6.07, 6.45) is 25.7. The van der Waals surface area contributed by atoms with Gasteiger partial charge in [0.05, 0.1) is 27.7 Å². The molecule has 0 aliphatic carbocycles. The molecule has 0 saturated heterocycles. The number of phosphoric ester groups is 1. The first-order chi connectivity index (χ1) is 17.7. The van der Waals surface area contributed by atoms with E-state index in [1.807, 2.05) is 32.9 Å². The van der Waals surface area contributed by atoms with Crippen LogP contribution in [0.2, 0.25) is 0 Å². The highest BCUT2D eigenvalue weighted by Gasteiger charge is 2.24. The van der Waals surface area contributed by atoms with Crippen LogP contribution in [-0.2, 0) is 13.6 Å². The number of unbranched alkanes of at least 4 members (excludes halogenated alkanes) is 16. The van der Waals surface area contributed by atoms with E-state index in [1.54, 1.807) is 0 Å². The molecule has 0 radical (unpaired) electrons. The lowest BCUT2D eigenvalue weighted by molar-refractivity contribution is -0.870. The van der Waals surface area contributed by atoms with E-state index in [-0.39, 0.29) is 6.61 Å². The quantitative estimate of drug-likeness (QED) is 0.0555. The topological polar surface area (TPSA) is 55.8 Å². The third-order valence-corrected chi connectivity index (χ3v) is 9.22. The predicted octanol–water partition coefficient (Wildman–Crippen LogP) is 9.63. The van der Waals surface area contributed by atoms with Gasteiger partial charge in [-0.05, 0) is 30.3 Å². The van der Waals surface area contributed by atoms with Crippen LogP contribution in [0.1, 0.15) is 136 Å². The molecule has 0 spiro atoms. The largest absolute Gasteiger partial charge is 0.472 e. The number of hydrogen-bond acceptors (Lipinski definition) is 4. The van der Waals surface area contributed by atoms with E-state index < -0.39 is 7.82 Å². The van der Waals surface area contributed by atoms with E-state index >= 15 is 0 Å². The fraction of sp³-hybridized carbons (Fsp3) is 1.00. The second kappa shape index (κ2) is 25.4. The number of likely N-dealkylation sites (N-methyl/N-ethyl adjacent to an activating group) is 1. The zero-order chi connectivity index (χ0) is 27.7. The second-order valence-corrected chi connectivity index (χ2v) is 14.6. The van der Waals surface area contributed by atoms with E-state index in [0.29, 0.717) is 23.6 Å². The van der Waals surface area contributed by atoms with Gasteiger partial charge in [-0.15, -0.1) is 0 Å². The van der Waals surface area contributed by atoms with Crippen molar-refractivity contribution in [2.75, 3.05) is 52.4 Å². The average molecular weight is 567 g/mol. The van der Waals surface area contributed by atoms with Crippen molar-refractivity contribution in [3.8, 4) is 0 Å². The van der Waals surface area contributed by atoms with Gasteiger partial charge in [0.25, 0.3) is 0 Å². The number of phosphoric acid groups is 1. The Balaban J connectivity index is 3.68. The summed E-state index contributed by atoms with van der Waals surface area (Å²) in [5.41, 5.74) is 0. The number of hydrogen-bond donors (Lipinski definition) is 1. The SMILES string of the molecule is CCCCCCCCCCCCCCCCCCSCC(CCCC)COP(=O)(O)OCC[N+](C)(C)C. The minimum Gasteiger partial charge on any atom is -0.329 e. The molecule has 0 amide bonds. The lowest BCUT2D eigenvalue weighted by Crippen LogP contribution is -2.37. The summed E-state index contributed by atoms with van der Waals surface area (Å²) < 4.78 is 23.4. The van der Waals surface area contributed by atoms with Crippen molar-refractivity contribution in [1.29, 1.82) is 0 Å². The van der Waals surface area contributed by atoms with Gasteiger partial charge in [-0.1, -0.05) is 123 Å². The average Bonchev–Trinajstić information content (AvgIpc) is 2.83. The van der Waals surface area contributed by atoms with Gasteiger partial charge in [-0.2, -0.15) is 11.8 Å². The first-order valence-corrected chi connectivity index (χ1v) is 18.3. The Kier molecular flexibility index (Phi) is 25.7. The smallest absolute Gasteiger partial charge is 0.329 e. The molecule has 0 aromatic carbocycles. The molecular formula is C30H65NO4PS+.